The molecule has 1 aromatic heterocycles. The second-order valence-corrected chi connectivity index (χ2v) is 11.4. The van der Waals surface area contributed by atoms with E-state index in [4.69, 9.17) is 0 Å². The molecule has 208 valence electrons. The highest BCUT2D eigenvalue weighted by Gasteiger charge is 2.13. The van der Waals surface area contributed by atoms with Crippen molar-refractivity contribution in [2.45, 2.75) is 6.42 Å². The Morgan fingerprint density at radius 1 is 0.341 bits per heavy atom. The Labute approximate surface area is 258 Å². The molecule has 0 saturated carbocycles. The number of rotatable bonds is 6. The summed E-state index contributed by atoms with van der Waals surface area (Å²) in [7, 11) is 0. The average Bonchev–Trinajstić information content (AvgIpc) is 3.43. The number of hydrogen-bond donors (Lipinski definition) is 0. The maximum atomic E-state index is 2.36. The van der Waals surface area contributed by atoms with Crippen LogP contribution < -0.4 is 0 Å². The van der Waals surface area contributed by atoms with Gasteiger partial charge in [-0.3, -0.25) is 0 Å². The Hall–Kier alpha value is -5.66. The van der Waals surface area contributed by atoms with E-state index in [1.807, 2.05) is 0 Å². The summed E-state index contributed by atoms with van der Waals surface area (Å²) in [4.78, 5) is 0. The maximum absolute atomic E-state index is 2.36. The van der Waals surface area contributed by atoms with Gasteiger partial charge < -0.3 is 4.57 Å². The van der Waals surface area contributed by atoms with Gasteiger partial charge in [-0.25, -0.2) is 0 Å². The minimum Gasteiger partial charge on any atom is -0.309 e. The Balaban J connectivity index is 1.06. The van der Waals surface area contributed by atoms with Gasteiger partial charge in [0, 0.05) is 16.5 Å². The monoisotopic (exact) mass is 561 g/mol. The van der Waals surface area contributed by atoms with Crippen LogP contribution in [0.3, 0.4) is 0 Å². The number of aromatic nitrogens is 1. The van der Waals surface area contributed by atoms with Crippen molar-refractivity contribution in [3.8, 4) is 39.1 Å². The normalized spacial score (nSPS) is 11.3. The fourth-order valence-electron chi connectivity index (χ4n) is 6.46. The molecule has 0 radical (unpaired) electrons. The van der Waals surface area contributed by atoms with Gasteiger partial charge in [-0.2, -0.15) is 0 Å². The van der Waals surface area contributed by atoms with Crippen LogP contribution in [0.25, 0.3) is 60.9 Å². The lowest BCUT2D eigenvalue weighted by molar-refractivity contribution is 1.18. The van der Waals surface area contributed by atoms with E-state index in [9.17, 15) is 0 Å². The van der Waals surface area contributed by atoms with E-state index >= 15 is 0 Å². The molecule has 0 fully saturated rings. The molecule has 7 aromatic carbocycles. The number of nitrogens with zero attached hydrogens (tertiary/aromatic N) is 1. The molecule has 0 unspecified atom stereocenters. The lowest BCUT2D eigenvalue weighted by Crippen LogP contribution is -1.92. The van der Waals surface area contributed by atoms with Gasteiger partial charge in [-0.1, -0.05) is 146 Å². The van der Waals surface area contributed by atoms with E-state index in [1.54, 1.807) is 0 Å². The Morgan fingerprint density at radius 3 is 1.52 bits per heavy atom. The van der Waals surface area contributed by atoms with Gasteiger partial charge in [0.1, 0.15) is 0 Å². The fraction of sp³-hybridized carbons (Fsp3) is 0.0233. The van der Waals surface area contributed by atoms with Crippen LogP contribution >= 0.6 is 0 Å². The summed E-state index contributed by atoms with van der Waals surface area (Å²) in [6.45, 7) is 0. The molecule has 0 spiro atoms. The lowest BCUT2D eigenvalue weighted by atomic mass is 9.93. The first-order valence-electron chi connectivity index (χ1n) is 15.2. The first kappa shape index (κ1) is 26.0. The highest BCUT2D eigenvalue weighted by Crippen LogP contribution is 2.35. The molecule has 0 aliphatic rings. The van der Waals surface area contributed by atoms with E-state index in [-0.39, 0.29) is 0 Å². The van der Waals surface area contributed by atoms with E-state index in [0.29, 0.717) is 0 Å². The molecule has 8 aromatic rings. The predicted molar refractivity (Wildman–Crippen MR) is 186 cm³/mol. The first-order valence-corrected chi connectivity index (χ1v) is 15.2. The van der Waals surface area contributed by atoms with Crippen molar-refractivity contribution < 1.29 is 0 Å². The van der Waals surface area contributed by atoms with Crippen LogP contribution in [-0.4, -0.2) is 4.57 Å². The van der Waals surface area contributed by atoms with Crippen LogP contribution in [0.2, 0.25) is 0 Å². The van der Waals surface area contributed by atoms with Gasteiger partial charge in [-0.15, -0.1) is 0 Å². The molecule has 1 nitrogen and oxygen atoms in total. The molecule has 0 bridgehead atoms. The van der Waals surface area contributed by atoms with Crippen molar-refractivity contribution in [3.63, 3.8) is 0 Å². The van der Waals surface area contributed by atoms with E-state index < -0.39 is 0 Å². The number of para-hydroxylation sites is 2. The van der Waals surface area contributed by atoms with Crippen LogP contribution in [0.4, 0.5) is 0 Å². The maximum Gasteiger partial charge on any atom is 0.0541 e. The highest BCUT2D eigenvalue weighted by atomic mass is 15.0. The number of hydrogen-bond acceptors (Lipinski definition) is 0. The molecule has 1 heteroatoms. The second kappa shape index (κ2) is 11.2. The molecule has 8 rings (SSSR count). The molecule has 0 aliphatic carbocycles. The van der Waals surface area contributed by atoms with Crippen LogP contribution in [-0.2, 0) is 6.42 Å². The number of benzene rings is 7. The van der Waals surface area contributed by atoms with Crippen LogP contribution in [0.1, 0.15) is 11.1 Å². The molecule has 0 aliphatic heterocycles. The van der Waals surface area contributed by atoms with E-state index in [0.717, 1.165) is 6.42 Å². The Morgan fingerprint density at radius 2 is 0.841 bits per heavy atom. The SMILES string of the molecule is c1ccc(-c2ccccc2-c2ccc(Cc3ccc(-c4ccc5c(c4)c4ccccc4n5-c4ccccc4)cc3)cc2)cc1. The Bertz CT molecular complexity index is 2210. The van der Waals surface area contributed by atoms with Crippen molar-refractivity contribution >= 4 is 21.8 Å². The minimum atomic E-state index is 0.907. The van der Waals surface area contributed by atoms with Gasteiger partial charge in [-0.05, 0) is 81.3 Å². The minimum absolute atomic E-state index is 0.907. The second-order valence-electron chi connectivity index (χ2n) is 11.4. The summed E-state index contributed by atoms with van der Waals surface area (Å²) >= 11 is 0. The summed E-state index contributed by atoms with van der Waals surface area (Å²) in [6.07, 6.45) is 0.907. The zero-order valence-electron chi connectivity index (χ0n) is 24.4. The molecule has 0 N–H and O–H groups in total. The first-order chi connectivity index (χ1) is 21.8. The summed E-state index contributed by atoms with van der Waals surface area (Å²) in [6, 6.07) is 63.6. The summed E-state index contributed by atoms with van der Waals surface area (Å²) in [5, 5.41) is 2.56. The molecular formula is C43H31N. The molecule has 0 amide bonds. The van der Waals surface area contributed by atoms with Gasteiger partial charge in [0.2, 0.25) is 0 Å². The molecule has 0 atom stereocenters. The zero-order valence-corrected chi connectivity index (χ0v) is 24.4. The topological polar surface area (TPSA) is 4.93 Å². The zero-order chi connectivity index (χ0) is 29.3. The van der Waals surface area contributed by atoms with Crippen molar-refractivity contribution in [1.29, 1.82) is 0 Å². The Kier molecular flexibility index (Phi) is 6.62. The molecule has 1 heterocycles. The van der Waals surface area contributed by atoms with Crippen molar-refractivity contribution in [2.75, 3.05) is 0 Å². The quantitative estimate of drug-likeness (QED) is 0.190. The van der Waals surface area contributed by atoms with Crippen molar-refractivity contribution in [2.24, 2.45) is 0 Å². The van der Waals surface area contributed by atoms with Crippen LogP contribution in [0, 0.1) is 0 Å². The summed E-state index contributed by atoms with van der Waals surface area (Å²) in [5.41, 5.74) is 13.8. The van der Waals surface area contributed by atoms with Crippen LogP contribution in [0.5, 0.6) is 0 Å². The van der Waals surface area contributed by atoms with Gasteiger partial charge in [0.25, 0.3) is 0 Å². The van der Waals surface area contributed by atoms with Gasteiger partial charge >= 0.3 is 0 Å². The average molecular weight is 562 g/mol. The lowest BCUT2D eigenvalue weighted by Gasteiger charge is -2.11. The molecule has 0 saturated heterocycles. The summed E-state index contributed by atoms with van der Waals surface area (Å²) < 4.78 is 2.36. The van der Waals surface area contributed by atoms with Gasteiger partial charge in [0.15, 0.2) is 0 Å². The van der Waals surface area contributed by atoms with Crippen molar-refractivity contribution in [1.82, 2.24) is 4.57 Å². The van der Waals surface area contributed by atoms with Crippen LogP contribution in [0.15, 0.2) is 176 Å². The third-order valence-corrected chi connectivity index (χ3v) is 8.66. The predicted octanol–water partition coefficient (Wildman–Crippen LogP) is 11.4. The third-order valence-electron chi connectivity index (χ3n) is 8.66. The van der Waals surface area contributed by atoms with E-state index in [2.05, 4.69) is 180 Å². The largest absolute Gasteiger partial charge is 0.309 e. The molecule has 44 heavy (non-hydrogen) atoms. The molecular weight excluding hydrogens is 530 g/mol. The smallest absolute Gasteiger partial charge is 0.0541 e. The van der Waals surface area contributed by atoms with E-state index in [1.165, 1.54) is 72.0 Å². The fourth-order valence-corrected chi connectivity index (χ4v) is 6.46. The highest BCUT2D eigenvalue weighted by molar-refractivity contribution is 6.10. The van der Waals surface area contributed by atoms with Crippen molar-refractivity contribution in [3.05, 3.63) is 187 Å². The number of fused-ring (bicyclic) bond motifs is 3. The summed E-state index contributed by atoms with van der Waals surface area (Å²) in [5.74, 6) is 0. The standard InChI is InChI=1S/C43H31N/c1-3-11-34(12-4-1)38-15-7-8-16-39(38)35-25-21-32(22-26-35)29-31-19-23-33(24-20-31)36-27-28-43-41(30-36)40-17-9-10-18-42(40)44(43)37-13-5-2-6-14-37/h1-28,30H,29H2. The third kappa shape index (κ3) is 4.79. The van der Waals surface area contributed by atoms with Gasteiger partial charge in [0.05, 0.1) is 11.0 Å².